The number of nitrogens with zero attached hydrogens (tertiary/aromatic N) is 1. The van der Waals surface area contributed by atoms with E-state index in [4.69, 9.17) is 10.7 Å². The maximum atomic E-state index is 11.9. The van der Waals surface area contributed by atoms with Crippen LogP contribution < -0.4 is 5.32 Å². The van der Waals surface area contributed by atoms with Crippen LogP contribution in [-0.4, -0.2) is 46.8 Å². The quantitative estimate of drug-likeness (QED) is 0.698. The molecule has 0 aliphatic rings. The van der Waals surface area contributed by atoms with Gasteiger partial charge in [0.05, 0.1) is 5.69 Å². The molecule has 1 rings (SSSR count). The summed E-state index contributed by atoms with van der Waals surface area (Å²) >= 11 is 0. The van der Waals surface area contributed by atoms with Crippen molar-refractivity contribution in [2.45, 2.75) is 25.2 Å². The highest BCUT2D eigenvalue weighted by molar-refractivity contribution is 8.13. The summed E-state index contributed by atoms with van der Waals surface area (Å²) in [5.74, 6) is 0.142. The molecule has 1 aromatic heterocycles. The lowest BCUT2D eigenvalue weighted by Gasteiger charge is -2.04. The Morgan fingerprint density at radius 2 is 2.10 bits per heavy atom. The van der Waals surface area contributed by atoms with Gasteiger partial charge in [-0.1, -0.05) is 13.8 Å². The minimum atomic E-state index is -4.07. The number of carbonyl (C=O) groups excluding carboxylic acids is 1. The second-order valence-electron chi connectivity index (χ2n) is 3.86. The molecule has 1 amide bonds. The maximum Gasteiger partial charge on any atom is 0.273 e. The fourth-order valence-electron chi connectivity index (χ4n) is 1.53. The summed E-state index contributed by atoms with van der Waals surface area (Å²) in [5, 5.41) is 8.66. The monoisotopic (exact) mass is 341 g/mol. The molecule has 0 spiro atoms. The smallest absolute Gasteiger partial charge is 0.273 e. The molecule has 0 aliphatic heterocycles. The fraction of sp³-hybridized carbons (Fsp3) is 0.600. The summed E-state index contributed by atoms with van der Waals surface area (Å²) in [6, 6.07) is 0. The van der Waals surface area contributed by atoms with Crippen molar-refractivity contribution >= 4 is 36.4 Å². The van der Waals surface area contributed by atoms with Crippen molar-refractivity contribution < 1.29 is 17.4 Å². The first-order valence-corrected chi connectivity index (χ1v) is 9.76. The number of hydrogen-bond acceptors (Lipinski definition) is 5. The van der Waals surface area contributed by atoms with Gasteiger partial charge in [-0.2, -0.15) is 5.10 Å². The standard InChI is InChI=1S/C10H16ClN3O4S2/c1-3-7-9(20(11,17)18)8(14-13-7)10(15)12-5-6-19(16)4-2/h3-6H2,1-2H3,(H,12,15)(H,13,14). The molecule has 0 fully saturated rings. The van der Waals surface area contributed by atoms with Crippen LogP contribution in [0.2, 0.25) is 0 Å². The van der Waals surface area contributed by atoms with Gasteiger partial charge >= 0.3 is 0 Å². The molecule has 1 unspecified atom stereocenters. The highest BCUT2D eigenvalue weighted by Crippen LogP contribution is 2.22. The number of amides is 1. The molecular formula is C10H16ClN3O4S2. The topological polar surface area (TPSA) is 109 Å². The van der Waals surface area contributed by atoms with Gasteiger partial charge in [0, 0.05) is 39.5 Å². The van der Waals surface area contributed by atoms with Crippen molar-refractivity contribution in [3.8, 4) is 0 Å². The molecular weight excluding hydrogens is 326 g/mol. The number of H-pyrrole nitrogens is 1. The first-order chi connectivity index (χ1) is 9.31. The maximum absolute atomic E-state index is 11.9. The van der Waals surface area contributed by atoms with E-state index in [0.29, 0.717) is 17.9 Å². The summed E-state index contributed by atoms with van der Waals surface area (Å²) in [6.45, 7) is 3.66. The van der Waals surface area contributed by atoms with Crippen molar-refractivity contribution in [2.75, 3.05) is 18.1 Å². The molecule has 0 bridgehead atoms. The highest BCUT2D eigenvalue weighted by Gasteiger charge is 2.27. The normalized spacial score (nSPS) is 13.2. The summed E-state index contributed by atoms with van der Waals surface area (Å²) in [6.07, 6.45) is 0.349. The molecule has 1 aromatic rings. The Morgan fingerprint density at radius 1 is 1.45 bits per heavy atom. The number of aromatic nitrogens is 2. The van der Waals surface area contributed by atoms with Crippen LogP contribution in [0.4, 0.5) is 0 Å². The lowest BCUT2D eigenvalue weighted by molar-refractivity contribution is 0.0948. The minimum Gasteiger partial charge on any atom is -0.350 e. The van der Waals surface area contributed by atoms with E-state index in [0.717, 1.165) is 0 Å². The number of carbonyl (C=O) groups is 1. The van der Waals surface area contributed by atoms with E-state index in [9.17, 15) is 17.4 Å². The molecule has 0 aromatic carbocycles. The van der Waals surface area contributed by atoms with E-state index >= 15 is 0 Å². The number of aromatic amines is 1. The van der Waals surface area contributed by atoms with Gasteiger partial charge in [0.25, 0.3) is 15.0 Å². The van der Waals surface area contributed by atoms with Gasteiger partial charge in [-0.15, -0.1) is 0 Å². The Hall–Kier alpha value is -0.930. The first-order valence-electron chi connectivity index (χ1n) is 5.96. The second kappa shape index (κ2) is 7.19. The summed E-state index contributed by atoms with van der Waals surface area (Å²) in [4.78, 5) is 11.6. The van der Waals surface area contributed by atoms with E-state index in [1.807, 2.05) is 0 Å². The van der Waals surface area contributed by atoms with E-state index in [1.54, 1.807) is 13.8 Å². The average molecular weight is 342 g/mol. The number of halogens is 1. The SMILES string of the molecule is CCc1[nH]nc(C(=O)NCCS(=O)CC)c1S(=O)(=O)Cl. The van der Waals surface area contributed by atoms with Crippen LogP contribution >= 0.6 is 10.7 Å². The highest BCUT2D eigenvalue weighted by atomic mass is 35.7. The number of hydrogen-bond donors (Lipinski definition) is 2. The molecule has 10 heteroatoms. The third kappa shape index (κ3) is 4.29. The van der Waals surface area contributed by atoms with Crippen LogP contribution in [0.5, 0.6) is 0 Å². The third-order valence-corrected chi connectivity index (χ3v) is 5.24. The van der Waals surface area contributed by atoms with Crippen LogP contribution in [-0.2, 0) is 26.3 Å². The summed E-state index contributed by atoms with van der Waals surface area (Å²) in [7, 11) is 0.251. The van der Waals surface area contributed by atoms with E-state index < -0.39 is 25.8 Å². The fourth-order valence-corrected chi connectivity index (χ4v) is 3.50. The van der Waals surface area contributed by atoms with E-state index in [2.05, 4.69) is 15.5 Å². The van der Waals surface area contributed by atoms with E-state index in [1.165, 1.54) is 0 Å². The van der Waals surface area contributed by atoms with Gasteiger partial charge < -0.3 is 5.32 Å². The molecule has 0 saturated heterocycles. The first kappa shape index (κ1) is 17.1. The molecule has 20 heavy (non-hydrogen) atoms. The van der Waals surface area contributed by atoms with Crippen molar-refractivity contribution in [1.82, 2.24) is 15.5 Å². The van der Waals surface area contributed by atoms with Gasteiger partial charge in [-0.25, -0.2) is 8.42 Å². The zero-order valence-electron chi connectivity index (χ0n) is 11.1. The Bertz CT molecular complexity index is 612. The van der Waals surface area contributed by atoms with Gasteiger partial charge in [0.1, 0.15) is 4.90 Å². The Morgan fingerprint density at radius 3 is 2.60 bits per heavy atom. The van der Waals surface area contributed by atoms with Crippen LogP contribution in [0.3, 0.4) is 0 Å². The minimum absolute atomic E-state index is 0.176. The average Bonchev–Trinajstić information content (AvgIpc) is 2.82. The molecule has 1 atom stereocenters. The number of rotatable bonds is 7. The second-order valence-corrected chi connectivity index (χ2v) is 8.23. The van der Waals surface area contributed by atoms with Crippen molar-refractivity contribution in [3.63, 3.8) is 0 Å². The number of aryl methyl sites for hydroxylation is 1. The van der Waals surface area contributed by atoms with Crippen molar-refractivity contribution in [2.24, 2.45) is 0 Å². The van der Waals surface area contributed by atoms with Crippen LogP contribution in [0.1, 0.15) is 30.0 Å². The molecule has 7 nitrogen and oxygen atoms in total. The molecule has 2 N–H and O–H groups in total. The third-order valence-electron chi connectivity index (χ3n) is 2.54. The number of nitrogens with one attached hydrogen (secondary N) is 2. The molecule has 0 aliphatic carbocycles. The van der Waals surface area contributed by atoms with Crippen LogP contribution in [0.25, 0.3) is 0 Å². The van der Waals surface area contributed by atoms with Crippen molar-refractivity contribution in [3.05, 3.63) is 11.4 Å². The molecule has 114 valence electrons. The van der Waals surface area contributed by atoms with Gasteiger partial charge in [0.15, 0.2) is 5.69 Å². The van der Waals surface area contributed by atoms with Crippen LogP contribution in [0.15, 0.2) is 4.90 Å². The van der Waals surface area contributed by atoms with Crippen LogP contribution in [0, 0.1) is 0 Å². The zero-order chi connectivity index (χ0) is 15.3. The Kier molecular flexibility index (Phi) is 6.15. The zero-order valence-corrected chi connectivity index (χ0v) is 13.5. The summed E-state index contributed by atoms with van der Waals surface area (Å²) < 4.78 is 34.2. The largest absolute Gasteiger partial charge is 0.350 e. The lowest BCUT2D eigenvalue weighted by atomic mass is 10.3. The van der Waals surface area contributed by atoms with Gasteiger partial charge in [-0.3, -0.25) is 14.1 Å². The predicted molar refractivity (Wildman–Crippen MR) is 76.9 cm³/mol. The Labute approximate surface area is 124 Å². The molecule has 0 saturated carbocycles. The van der Waals surface area contributed by atoms with Crippen molar-refractivity contribution in [1.29, 1.82) is 0 Å². The van der Waals surface area contributed by atoms with Gasteiger partial charge in [-0.05, 0) is 6.42 Å². The van der Waals surface area contributed by atoms with Gasteiger partial charge in [0.2, 0.25) is 0 Å². The Balaban J connectivity index is 2.89. The molecule has 0 radical (unpaired) electrons. The lowest BCUT2D eigenvalue weighted by Crippen LogP contribution is -2.29. The molecule has 1 heterocycles. The van der Waals surface area contributed by atoms with E-state index in [-0.39, 0.29) is 22.8 Å². The summed E-state index contributed by atoms with van der Waals surface area (Å²) in [5.41, 5.74) is 0.0152. The predicted octanol–water partition coefficient (Wildman–Crippen LogP) is 0.398.